The number of nitrogens with zero attached hydrogens (tertiary/aromatic N) is 12. The maximum absolute atomic E-state index is 13.4. The van der Waals surface area contributed by atoms with Crippen LogP contribution < -0.4 is 49.9 Å². The molecule has 10 aromatic heterocycles. The fraction of sp³-hybridized carbons (Fsp3) is 0.494. The van der Waals surface area contributed by atoms with Gasteiger partial charge in [0.25, 0.3) is 17.7 Å². The molecule has 9 aliphatic carbocycles. The molecule has 127 heavy (non-hydrogen) atoms. The number of ketones is 1. The Morgan fingerprint density at radius 3 is 1.24 bits per heavy atom. The monoisotopic (exact) mass is 1810 g/mol. The van der Waals surface area contributed by atoms with Crippen LogP contribution >= 0.6 is 23.2 Å². The molecule has 11 fully saturated rings. The van der Waals surface area contributed by atoms with Gasteiger partial charge in [0, 0.05) is 55.3 Å². The van der Waals surface area contributed by atoms with E-state index in [1.54, 1.807) is 73.4 Å². The first-order valence-corrected chi connectivity index (χ1v) is 42.7. The molecule has 2 saturated heterocycles. The molecule has 0 spiro atoms. The van der Waals surface area contributed by atoms with Crippen LogP contribution in [0.1, 0.15) is 272 Å². The van der Waals surface area contributed by atoms with Gasteiger partial charge in [-0.15, -0.1) is 0 Å². The molecule has 2 aliphatic heterocycles. The molecule has 9 saturated carbocycles. The predicted octanol–water partition coefficient (Wildman–Crippen LogP) is 9.27. The minimum atomic E-state index is -1.15. The molecule has 33 nitrogen and oxygen atoms in total. The molecule has 12 heterocycles. The molecular formula is C89H108BCl3MgN18O15. The van der Waals surface area contributed by atoms with E-state index in [1.807, 2.05) is 58.0 Å². The zero-order chi connectivity index (χ0) is 88.4. The standard InChI is InChI=1S/C29H31N7O4.C21H27ClN4O4.C20H23ClN4O4.C14H16BN3O2.C4H8O.CH3.ClH.Mg/c1-27(2,38)24-17-40-25(34-24)16-32-26(37)20-15-31-22(23-4-3-19-11-18(13-30)14-33-36(19)23)12-21(20)35-28-5-8-29(39,9-6-28)10-7-28;1-19(2,28)15-12-30-17(25-15)11-24-18(27)13-10-23-16(22)9-14(13)26-20-3-6-21(29,7-4-20)8-5-20;1-12(26)15-11-29-17(24-15)10-23-18(27)13-9-22-16(21)8-14(13)25-19-2-5-20(28,6-3-19)7-4-19;1-13(2)14(3,4)20-15(19-13)12-6-5-11-7-10(8-16)9-17-18(11)12;1-2-4-5-3-1;;;/h3-4,11-12,14-15,17,38-39H,5-10,16H2,1-2H3,(H,31,35)(H,32,37);9-10,12,28-29H,3-8,11H2,1-2H3,(H,23,26)(H,24,27);8-9,11,28H,2-7,10H2,1H3,(H,22,25)(H,23,27);5-7,9H,1-4H3;1-4H2;1H3;1H;/q;;;;;-1;;+2/p-1. The van der Waals surface area contributed by atoms with Crippen LogP contribution in [0.4, 0.5) is 17.1 Å². The number of carbonyl (C=O) groups excluding carboxylic acids is 4. The van der Waals surface area contributed by atoms with Crippen LogP contribution in [-0.2, 0) is 44.9 Å². The van der Waals surface area contributed by atoms with Crippen molar-refractivity contribution in [3.8, 4) is 23.5 Å². The molecule has 3 amide bonds. The summed E-state index contributed by atoms with van der Waals surface area (Å²) < 4.78 is 36.4. The number of nitrogens with one attached hydrogen (secondary N) is 6. The molecule has 6 bridgehead atoms. The molecule has 0 aromatic carbocycles. The summed E-state index contributed by atoms with van der Waals surface area (Å²) in [7, 11) is -0.456. The Morgan fingerprint density at radius 2 is 0.874 bits per heavy atom. The third-order valence-corrected chi connectivity index (χ3v) is 26.0. The van der Waals surface area contributed by atoms with Crippen molar-refractivity contribution in [1.29, 1.82) is 10.5 Å². The number of pyridine rings is 3. The van der Waals surface area contributed by atoms with Crippen molar-refractivity contribution in [3.05, 3.63) is 185 Å². The van der Waals surface area contributed by atoms with Gasteiger partial charge in [0.2, 0.25) is 17.7 Å². The molecule has 38 heteroatoms. The van der Waals surface area contributed by atoms with Crippen molar-refractivity contribution in [2.75, 3.05) is 29.2 Å². The summed E-state index contributed by atoms with van der Waals surface area (Å²) in [4.78, 5) is 75.6. The Morgan fingerprint density at radius 1 is 0.512 bits per heavy atom. The molecule has 11 aliphatic rings. The number of anilines is 3. The maximum Gasteiger partial charge on any atom is 2.00 e. The number of aliphatic hydroxyl groups is 5. The molecule has 10 aromatic rings. The van der Waals surface area contributed by atoms with Gasteiger partial charge >= 0.3 is 30.2 Å². The second-order valence-electron chi connectivity index (χ2n) is 36.0. The SMILES string of the molecule is C1CCOC1.CC(=O)c1coc(CNC(=O)c2cnc(Cl)cc2NC23CCC(O)(CC2)CC3)n1.CC(C)(O)c1coc(CNC(=O)c2cnc(-c3ccc4cc(C#N)cnn34)cc2NC23CCC(O)(CC2)CC3)n1.CC(C)(O)c1coc(CNC(=O)c2cnc(Cl)cc2NC23CCC(O)(CC2)CC3)n1.CC1(C)OB(c2ccc3cc(C#N)cnn23)OC1(C)C.[CH3-].[Cl-].[Mg+2]. The number of carbonyl (C=O) groups is 4. The molecule has 0 radical (unpaired) electrons. The Labute approximate surface area is 769 Å². The number of nitriles is 2. The summed E-state index contributed by atoms with van der Waals surface area (Å²) in [5, 5.41) is 98.3. The van der Waals surface area contributed by atoms with Gasteiger partial charge in [-0.3, -0.25) is 24.2 Å². The van der Waals surface area contributed by atoms with Gasteiger partial charge in [-0.25, -0.2) is 34.0 Å². The van der Waals surface area contributed by atoms with Gasteiger partial charge in [0.1, 0.15) is 69.5 Å². The number of hydrogen-bond donors (Lipinski definition) is 11. The summed E-state index contributed by atoms with van der Waals surface area (Å²) in [6.45, 7) is 18.1. The van der Waals surface area contributed by atoms with E-state index in [1.165, 1.54) is 57.1 Å². The quantitative estimate of drug-likeness (QED) is 0.0146. The summed E-state index contributed by atoms with van der Waals surface area (Å²) in [6, 6.07) is 20.5. The molecule has 0 atom stereocenters. The molecule has 0 unspecified atom stereocenters. The maximum atomic E-state index is 13.4. The van der Waals surface area contributed by atoms with Crippen LogP contribution in [0.15, 0.2) is 118 Å². The van der Waals surface area contributed by atoms with Gasteiger partial charge in [-0.05, 0) is 238 Å². The van der Waals surface area contributed by atoms with E-state index in [0.717, 1.165) is 151 Å². The summed E-state index contributed by atoms with van der Waals surface area (Å²) >= 11 is 12.2. The average molecular weight is 1810 g/mol. The van der Waals surface area contributed by atoms with Gasteiger partial charge in [0.15, 0.2) is 5.78 Å². The van der Waals surface area contributed by atoms with Crippen molar-refractivity contribution in [2.45, 2.75) is 266 Å². The van der Waals surface area contributed by atoms with Crippen LogP contribution in [0.25, 0.3) is 22.4 Å². The smallest absolute Gasteiger partial charge is 1.00 e. The zero-order valence-corrected chi connectivity index (χ0v) is 76.8. The number of oxazole rings is 3. The molecule has 670 valence electrons. The minimum Gasteiger partial charge on any atom is -1.00 e. The first kappa shape index (κ1) is 97.9. The van der Waals surface area contributed by atoms with Crippen molar-refractivity contribution in [1.82, 2.24) is 65.1 Å². The number of hydrogen-bond acceptors (Lipinski definition) is 28. The van der Waals surface area contributed by atoms with E-state index >= 15 is 0 Å². The topological polar surface area (TPSA) is 468 Å². The van der Waals surface area contributed by atoms with Crippen molar-refractivity contribution >= 4 is 111 Å². The predicted molar refractivity (Wildman–Crippen MR) is 470 cm³/mol. The van der Waals surface area contributed by atoms with E-state index in [-0.39, 0.29) is 131 Å². The summed E-state index contributed by atoms with van der Waals surface area (Å²) in [5.74, 6) is -0.397. The van der Waals surface area contributed by atoms with Crippen molar-refractivity contribution in [3.63, 3.8) is 0 Å². The van der Waals surface area contributed by atoms with Crippen LogP contribution in [0, 0.1) is 30.1 Å². The number of Topliss-reactive ketones (excluding diaryl/α,β-unsaturated/α-hetero) is 1. The Balaban J connectivity index is 0.000000163. The summed E-state index contributed by atoms with van der Waals surface area (Å²) in [5.41, 5.74) is 3.65. The van der Waals surface area contributed by atoms with Crippen molar-refractivity contribution in [2.24, 2.45) is 0 Å². The number of aromatic nitrogens is 10. The van der Waals surface area contributed by atoms with Gasteiger partial charge < -0.3 is 105 Å². The van der Waals surface area contributed by atoms with Crippen LogP contribution in [0.2, 0.25) is 10.3 Å². The molecular weight excluding hydrogens is 1700 g/mol. The van der Waals surface area contributed by atoms with Gasteiger partial charge in [-0.2, -0.15) is 20.7 Å². The Hall–Kier alpha value is -9.70. The fourth-order valence-corrected chi connectivity index (χ4v) is 17.2. The number of ether oxygens (including phenoxy) is 1. The first-order chi connectivity index (χ1) is 58.8. The largest absolute Gasteiger partial charge is 2.00 e. The average Bonchev–Trinajstić information content (AvgIpc) is 1.74. The van der Waals surface area contributed by atoms with Crippen molar-refractivity contribution < 1.29 is 84.4 Å². The molecule has 21 rings (SSSR count). The van der Waals surface area contributed by atoms with E-state index < -0.39 is 35.1 Å². The third-order valence-electron chi connectivity index (χ3n) is 25.5. The minimum absolute atomic E-state index is 0. The van der Waals surface area contributed by atoms with Gasteiger partial charge in [-0.1, -0.05) is 23.2 Å². The van der Waals surface area contributed by atoms with Crippen LogP contribution in [0.5, 0.6) is 0 Å². The fourth-order valence-electron chi connectivity index (χ4n) is 16.9. The van der Waals surface area contributed by atoms with E-state index in [0.29, 0.717) is 78.2 Å². The van der Waals surface area contributed by atoms with Gasteiger partial charge in [0.05, 0.1) is 133 Å². The number of amides is 3. The zero-order valence-electron chi connectivity index (χ0n) is 73.1. The number of rotatable bonds is 20. The third kappa shape index (κ3) is 23.0. The normalized spacial score (nSPS) is 23.1. The second-order valence-corrected chi connectivity index (χ2v) is 36.8. The second kappa shape index (κ2) is 39.3. The van der Waals surface area contributed by atoms with E-state index in [4.69, 9.17) is 55.8 Å². The number of fused-ring (bicyclic) bond motifs is 11. The van der Waals surface area contributed by atoms with E-state index in [2.05, 4.69) is 84.1 Å². The number of halogens is 3. The summed E-state index contributed by atoms with van der Waals surface area (Å²) in [6.07, 6.45) is 28.3. The van der Waals surface area contributed by atoms with Crippen LogP contribution in [-0.4, -0.2) is 186 Å². The van der Waals surface area contributed by atoms with E-state index in [9.17, 15) is 50.0 Å². The molecule has 11 N–H and O–H groups in total. The van der Waals surface area contributed by atoms with Crippen LogP contribution in [0.3, 0.4) is 0 Å². The first-order valence-electron chi connectivity index (χ1n) is 41.9. The Bertz CT molecular complexity index is 5610. The Kier molecular flexibility index (Phi) is 30.3.